The largest absolute Gasteiger partial charge is 0.496 e. The molecule has 0 saturated heterocycles. The van der Waals surface area contributed by atoms with Crippen LogP contribution in [-0.2, 0) is 5.33 Å². The summed E-state index contributed by atoms with van der Waals surface area (Å²) in [4.78, 5) is 0. The summed E-state index contributed by atoms with van der Waals surface area (Å²) < 4.78 is 30.4. The van der Waals surface area contributed by atoms with Crippen molar-refractivity contribution in [1.29, 1.82) is 0 Å². The fourth-order valence-electron chi connectivity index (χ4n) is 0.891. The van der Waals surface area contributed by atoms with E-state index in [9.17, 15) is 8.78 Å². The van der Waals surface area contributed by atoms with E-state index in [-0.39, 0.29) is 10.9 Å². The summed E-state index contributed by atoms with van der Waals surface area (Å²) in [6, 6.07) is 2.44. The van der Waals surface area contributed by atoms with Crippen LogP contribution in [0.4, 0.5) is 8.78 Å². The third kappa shape index (κ3) is 1.58. The van der Waals surface area contributed by atoms with Crippen LogP contribution in [0.3, 0.4) is 0 Å². The van der Waals surface area contributed by atoms with Crippen molar-refractivity contribution < 1.29 is 13.5 Å². The lowest BCUT2D eigenvalue weighted by atomic mass is 10.2. The quantitative estimate of drug-likeness (QED) is 0.718. The highest BCUT2D eigenvalue weighted by Crippen LogP contribution is 2.25. The number of alkyl halides is 1. The molecule has 1 rings (SSSR count). The summed E-state index contributed by atoms with van der Waals surface area (Å²) in [5.74, 6) is -1.36. The Labute approximate surface area is 77.5 Å². The zero-order chi connectivity index (χ0) is 9.14. The molecule has 1 nitrogen and oxygen atoms in total. The lowest BCUT2D eigenvalue weighted by Crippen LogP contribution is -1.96. The fraction of sp³-hybridized carbons (Fsp3) is 0.250. The Kier molecular flexibility index (Phi) is 3.03. The van der Waals surface area contributed by atoms with E-state index in [0.29, 0.717) is 5.75 Å². The van der Waals surface area contributed by atoms with Crippen LogP contribution >= 0.6 is 15.9 Å². The van der Waals surface area contributed by atoms with Crippen molar-refractivity contribution in [3.63, 3.8) is 0 Å². The van der Waals surface area contributed by atoms with E-state index in [1.165, 1.54) is 13.2 Å². The van der Waals surface area contributed by atoms with Crippen LogP contribution in [0, 0.1) is 11.6 Å². The maximum Gasteiger partial charge on any atom is 0.166 e. The average Bonchev–Trinajstić information content (AvgIpc) is 2.09. The highest BCUT2D eigenvalue weighted by Gasteiger charge is 2.12. The van der Waals surface area contributed by atoms with Crippen LogP contribution in [0.5, 0.6) is 5.75 Å². The molecule has 0 amide bonds. The molecule has 1 aromatic carbocycles. The van der Waals surface area contributed by atoms with Crippen molar-refractivity contribution in [2.45, 2.75) is 5.33 Å². The smallest absolute Gasteiger partial charge is 0.166 e. The number of ether oxygens (including phenoxy) is 1. The Morgan fingerprint density at radius 1 is 1.42 bits per heavy atom. The molecule has 0 radical (unpaired) electrons. The average molecular weight is 237 g/mol. The summed E-state index contributed by atoms with van der Waals surface area (Å²) in [5.41, 5.74) is 0.206. The zero-order valence-electron chi connectivity index (χ0n) is 6.40. The molecule has 0 aliphatic carbocycles. The Bertz CT molecular complexity index is 289. The van der Waals surface area contributed by atoms with E-state index in [2.05, 4.69) is 15.9 Å². The Morgan fingerprint density at radius 2 is 2.08 bits per heavy atom. The van der Waals surface area contributed by atoms with Crippen molar-refractivity contribution in [2.75, 3.05) is 7.11 Å². The molecule has 0 N–H and O–H groups in total. The van der Waals surface area contributed by atoms with Gasteiger partial charge in [-0.25, -0.2) is 8.78 Å². The van der Waals surface area contributed by atoms with Gasteiger partial charge in [-0.05, 0) is 12.1 Å². The summed E-state index contributed by atoms with van der Waals surface area (Å²) in [6.45, 7) is 0. The predicted octanol–water partition coefficient (Wildman–Crippen LogP) is 2.87. The van der Waals surface area contributed by atoms with Gasteiger partial charge >= 0.3 is 0 Å². The summed E-state index contributed by atoms with van der Waals surface area (Å²) in [5, 5.41) is 0.236. The second kappa shape index (κ2) is 3.85. The Balaban J connectivity index is 3.25. The number of halogens is 3. The second-order valence-electron chi connectivity index (χ2n) is 2.18. The SMILES string of the molecule is COc1ccc(F)c(F)c1CBr. The first-order valence-electron chi connectivity index (χ1n) is 3.27. The number of rotatable bonds is 2. The topological polar surface area (TPSA) is 9.23 Å². The van der Waals surface area contributed by atoms with E-state index < -0.39 is 11.6 Å². The number of hydrogen-bond acceptors (Lipinski definition) is 1. The zero-order valence-corrected chi connectivity index (χ0v) is 7.99. The highest BCUT2D eigenvalue weighted by molar-refractivity contribution is 9.08. The number of benzene rings is 1. The van der Waals surface area contributed by atoms with Gasteiger partial charge in [-0.15, -0.1) is 0 Å². The summed E-state index contributed by atoms with van der Waals surface area (Å²) in [7, 11) is 1.42. The molecule has 4 heteroatoms. The molecule has 0 unspecified atom stereocenters. The molecule has 0 saturated carbocycles. The normalized spacial score (nSPS) is 10.0. The maximum atomic E-state index is 13.0. The van der Waals surface area contributed by atoms with E-state index in [4.69, 9.17) is 4.74 Å². The van der Waals surface area contributed by atoms with Gasteiger partial charge in [0.15, 0.2) is 11.6 Å². The Morgan fingerprint density at radius 3 is 2.58 bits per heavy atom. The first-order valence-corrected chi connectivity index (χ1v) is 4.39. The second-order valence-corrected chi connectivity index (χ2v) is 2.74. The molecule has 1 aromatic rings. The molecule has 66 valence electrons. The van der Waals surface area contributed by atoms with Crippen LogP contribution in [0.1, 0.15) is 5.56 Å². The minimum Gasteiger partial charge on any atom is -0.496 e. The maximum absolute atomic E-state index is 13.0. The van der Waals surface area contributed by atoms with Gasteiger partial charge in [0.05, 0.1) is 7.11 Å². The molecule has 0 heterocycles. The summed E-state index contributed by atoms with van der Waals surface area (Å²) >= 11 is 3.05. The van der Waals surface area contributed by atoms with Crippen molar-refractivity contribution in [3.05, 3.63) is 29.3 Å². The standard InChI is InChI=1S/C8H7BrF2O/c1-12-7-3-2-6(10)8(11)5(7)4-9/h2-3H,4H2,1H3. The molecule has 0 aromatic heterocycles. The molecule has 0 spiro atoms. The molecular weight excluding hydrogens is 230 g/mol. The Hall–Kier alpha value is -0.640. The first-order chi connectivity index (χ1) is 5.70. The van der Waals surface area contributed by atoms with Gasteiger partial charge in [-0.3, -0.25) is 0 Å². The van der Waals surface area contributed by atoms with Gasteiger partial charge in [0, 0.05) is 10.9 Å². The van der Waals surface area contributed by atoms with E-state index in [1.54, 1.807) is 0 Å². The van der Waals surface area contributed by atoms with Crippen LogP contribution in [0.25, 0.3) is 0 Å². The van der Waals surface area contributed by atoms with Gasteiger partial charge in [0.25, 0.3) is 0 Å². The van der Waals surface area contributed by atoms with Gasteiger partial charge in [0.2, 0.25) is 0 Å². The minimum absolute atomic E-state index is 0.206. The van der Waals surface area contributed by atoms with Gasteiger partial charge in [0.1, 0.15) is 5.75 Å². The van der Waals surface area contributed by atoms with E-state index in [1.807, 2.05) is 0 Å². The van der Waals surface area contributed by atoms with Gasteiger partial charge in [-0.1, -0.05) is 15.9 Å². The molecule has 0 aliphatic heterocycles. The molecule has 0 atom stereocenters. The number of methoxy groups -OCH3 is 1. The monoisotopic (exact) mass is 236 g/mol. The lowest BCUT2D eigenvalue weighted by Gasteiger charge is -2.06. The van der Waals surface area contributed by atoms with Crippen molar-refractivity contribution in [3.8, 4) is 5.75 Å². The van der Waals surface area contributed by atoms with Crippen LogP contribution in [-0.4, -0.2) is 7.11 Å². The predicted molar refractivity (Wildman–Crippen MR) is 45.5 cm³/mol. The van der Waals surface area contributed by atoms with Crippen molar-refractivity contribution in [2.24, 2.45) is 0 Å². The van der Waals surface area contributed by atoms with E-state index >= 15 is 0 Å². The van der Waals surface area contributed by atoms with Crippen LogP contribution in [0.15, 0.2) is 12.1 Å². The molecule has 12 heavy (non-hydrogen) atoms. The van der Waals surface area contributed by atoms with Gasteiger partial charge < -0.3 is 4.74 Å². The minimum atomic E-state index is -0.856. The van der Waals surface area contributed by atoms with Crippen molar-refractivity contribution in [1.82, 2.24) is 0 Å². The first kappa shape index (κ1) is 9.45. The fourth-order valence-corrected chi connectivity index (χ4v) is 1.41. The third-order valence-electron chi connectivity index (χ3n) is 1.51. The molecule has 0 fully saturated rings. The van der Waals surface area contributed by atoms with Gasteiger partial charge in [-0.2, -0.15) is 0 Å². The third-order valence-corrected chi connectivity index (χ3v) is 2.07. The van der Waals surface area contributed by atoms with Crippen LogP contribution in [0.2, 0.25) is 0 Å². The molecule has 0 bridgehead atoms. The lowest BCUT2D eigenvalue weighted by molar-refractivity contribution is 0.401. The highest BCUT2D eigenvalue weighted by atomic mass is 79.9. The van der Waals surface area contributed by atoms with Crippen LogP contribution < -0.4 is 4.74 Å². The van der Waals surface area contributed by atoms with E-state index in [0.717, 1.165) is 6.07 Å². The molecular formula is C8H7BrF2O. The molecule has 0 aliphatic rings. The van der Waals surface area contributed by atoms with Crippen molar-refractivity contribution >= 4 is 15.9 Å². The summed E-state index contributed by atoms with van der Waals surface area (Å²) in [6.07, 6.45) is 0. The number of hydrogen-bond donors (Lipinski definition) is 0.